The van der Waals surface area contributed by atoms with Crippen LogP contribution in [-0.2, 0) is 21.9 Å². The second kappa shape index (κ2) is 10.3. The summed E-state index contributed by atoms with van der Waals surface area (Å²) >= 11 is -1.29. The van der Waals surface area contributed by atoms with Gasteiger partial charge >= 0.3 is 29.6 Å². The van der Waals surface area contributed by atoms with Crippen LogP contribution in [0.4, 0.5) is 0 Å². The molecule has 0 saturated heterocycles. The van der Waals surface area contributed by atoms with Gasteiger partial charge in [-0.25, -0.2) is 4.98 Å². The summed E-state index contributed by atoms with van der Waals surface area (Å²) in [6.07, 6.45) is 4.12. The van der Waals surface area contributed by atoms with Crippen molar-refractivity contribution >= 4 is 52.0 Å². The van der Waals surface area contributed by atoms with Gasteiger partial charge in [-0.15, -0.1) is 0 Å². The SMILES string of the molecule is COCCCOc1ccnc(C[S+]([O-])n2cnc3ccccc32)c1C.[NaH]. The zero-order valence-corrected chi connectivity index (χ0v) is 15.2. The molecule has 0 saturated carbocycles. The molecule has 0 aliphatic rings. The van der Waals surface area contributed by atoms with Crippen molar-refractivity contribution in [1.29, 1.82) is 0 Å². The summed E-state index contributed by atoms with van der Waals surface area (Å²) in [6, 6.07) is 9.48. The van der Waals surface area contributed by atoms with Gasteiger partial charge in [0.1, 0.15) is 17.6 Å². The fourth-order valence-corrected chi connectivity index (χ4v) is 3.72. The molecule has 134 valence electrons. The first kappa shape index (κ1) is 21.2. The predicted octanol–water partition coefficient (Wildman–Crippen LogP) is 2.22. The second-order valence-corrected chi connectivity index (χ2v) is 6.93. The molecule has 2 aromatic heterocycles. The number of methoxy groups -OCH3 is 1. The van der Waals surface area contributed by atoms with E-state index in [0.717, 1.165) is 34.5 Å². The Hall–Kier alpha value is -1.09. The van der Waals surface area contributed by atoms with Crippen molar-refractivity contribution in [3.8, 4) is 5.75 Å². The number of rotatable bonds is 8. The summed E-state index contributed by atoms with van der Waals surface area (Å²) < 4.78 is 25.3. The van der Waals surface area contributed by atoms with E-state index in [1.54, 1.807) is 23.6 Å². The minimum atomic E-state index is -1.29. The predicted molar refractivity (Wildman–Crippen MR) is 105 cm³/mol. The number of para-hydroxylation sites is 2. The van der Waals surface area contributed by atoms with E-state index in [0.29, 0.717) is 19.0 Å². The standard InChI is InChI=1S/C18H21N3O3S.Na.H/c1-14-16(19-9-8-18(14)24-11-5-10-23-2)12-25(22)21-13-20-15-6-3-4-7-17(15)21;;/h3-4,6-9,13H,5,10-12H2,1-2H3;;. The Morgan fingerprint density at radius 3 is 2.77 bits per heavy atom. The Kier molecular flexibility index (Phi) is 8.40. The van der Waals surface area contributed by atoms with E-state index in [1.807, 2.05) is 37.3 Å². The zero-order valence-electron chi connectivity index (χ0n) is 14.3. The quantitative estimate of drug-likeness (QED) is 0.339. The van der Waals surface area contributed by atoms with Crippen molar-refractivity contribution in [2.45, 2.75) is 19.1 Å². The van der Waals surface area contributed by atoms with E-state index in [2.05, 4.69) is 9.97 Å². The van der Waals surface area contributed by atoms with Gasteiger partial charge in [0, 0.05) is 31.9 Å². The van der Waals surface area contributed by atoms with Crippen molar-refractivity contribution in [2.24, 2.45) is 0 Å². The fraction of sp³-hybridized carbons (Fsp3) is 0.333. The van der Waals surface area contributed by atoms with E-state index < -0.39 is 11.4 Å². The van der Waals surface area contributed by atoms with Crippen LogP contribution in [0.2, 0.25) is 0 Å². The number of nitrogens with zero attached hydrogens (tertiary/aromatic N) is 3. The maximum atomic E-state index is 12.8. The number of ether oxygens (including phenoxy) is 2. The van der Waals surface area contributed by atoms with Crippen LogP contribution in [-0.4, -0.2) is 68.4 Å². The average Bonchev–Trinajstić information content (AvgIpc) is 3.06. The molecule has 6 nitrogen and oxygen atoms in total. The fourth-order valence-electron chi connectivity index (χ4n) is 2.53. The van der Waals surface area contributed by atoms with E-state index in [4.69, 9.17) is 9.47 Å². The Bertz CT molecular complexity index is 843. The van der Waals surface area contributed by atoms with Gasteiger partial charge in [-0.05, 0) is 25.1 Å². The number of imidazole rings is 1. The molecule has 8 heteroatoms. The summed E-state index contributed by atoms with van der Waals surface area (Å²) in [7, 11) is 1.67. The Labute approximate surface area is 178 Å². The summed E-state index contributed by atoms with van der Waals surface area (Å²) in [4.78, 5) is 8.67. The molecule has 2 heterocycles. The molecule has 0 N–H and O–H groups in total. The van der Waals surface area contributed by atoms with Crippen LogP contribution < -0.4 is 4.74 Å². The first-order valence-corrected chi connectivity index (χ1v) is 9.35. The number of benzene rings is 1. The Morgan fingerprint density at radius 2 is 1.96 bits per heavy atom. The van der Waals surface area contributed by atoms with Crippen molar-refractivity contribution in [2.75, 3.05) is 20.3 Å². The van der Waals surface area contributed by atoms with Crippen molar-refractivity contribution in [1.82, 2.24) is 13.9 Å². The summed E-state index contributed by atoms with van der Waals surface area (Å²) in [5, 5.41) is 0. The van der Waals surface area contributed by atoms with Crippen LogP contribution >= 0.6 is 0 Å². The molecule has 1 aromatic carbocycles. The van der Waals surface area contributed by atoms with Crippen LogP contribution in [0.1, 0.15) is 17.7 Å². The first-order chi connectivity index (χ1) is 12.2. The minimum absolute atomic E-state index is 0. The van der Waals surface area contributed by atoms with E-state index in [-0.39, 0.29) is 29.6 Å². The number of hydrogen-bond donors (Lipinski definition) is 0. The monoisotopic (exact) mass is 383 g/mol. The van der Waals surface area contributed by atoms with Crippen molar-refractivity contribution < 1.29 is 14.0 Å². The molecule has 0 fully saturated rings. The Morgan fingerprint density at radius 1 is 1.15 bits per heavy atom. The molecular weight excluding hydrogens is 361 g/mol. The average molecular weight is 383 g/mol. The van der Waals surface area contributed by atoms with E-state index >= 15 is 0 Å². The molecule has 0 aliphatic heterocycles. The van der Waals surface area contributed by atoms with Crippen LogP contribution in [0.5, 0.6) is 5.75 Å². The molecule has 0 amide bonds. The summed E-state index contributed by atoms with van der Waals surface area (Å²) in [5.41, 5.74) is 3.36. The van der Waals surface area contributed by atoms with E-state index in [1.165, 1.54) is 0 Å². The molecule has 26 heavy (non-hydrogen) atoms. The topological polar surface area (TPSA) is 72.2 Å². The van der Waals surface area contributed by atoms with Gasteiger partial charge in [-0.2, -0.15) is 3.97 Å². The number of pyridine rings is 1. The van der Waals surface area contributed by atoms with Gasteiger partial charge in [-0.3, -0.25) is 4.98 Å². The third-order valence-corrected chi connectivity index (χ3v) is 5.16. The van der Waals surface area contributed by atoms with Gasteiger partial charge in [0.15, 0.2) is 5.75 Å². The molecule has 0 radical (unpaired) electrons. The summed E-state index contributed by atoms with van der Waals surface area (Å²) in [6.45, 7) is 3.18. The van der Waals surface area contributed by atoms with Gasteiger partial charge in [0.05, 0.1) is 29.2 Å². The molecule has 1 atom stereocenters. The van der Waals surface area contributed by atoms with Crippen LogP contribution in [0.3, 0.4) is 0 Å². The third-order valence-electron chi connectivity index (χ3n) is 3.91. The molecular formula is C18H22N3NaO3S. The number of aromatic nitrogens is 3. The number of fused-ring (bicyclic) bond motifs is 1. The van der Waals surface area contributed by atoms with Crippen molar-refractivity contribution in [3.63, 3.8) is 0 Å². The molecule has 0 bridgehead atoms. The van der Waals surface area contributed by atoms with Gasteiger partial charge in [0.25, 0.3) is 0 Å². The van der Waals surface area contributed by atoms with Gasteiger partial charge < -0.3 is 14.0 Å². The zero-order chi connectivity index (χ0) is 17.6. The van der Waals surface area contributed by atoms with E-state index in [9.17, 15) is 4.55 Å². The van der Waals surface area contributed by atoms with Gasteiger partial charge in [0.2, 0.25) is 0 Å². The Balaban J connectivity index is 0.00000243. The van der Waals surface area contributed by atoms with Crippen LogP contribution in [0.25, 0.3) is 11.0 Å². The van der Waals surface area contributed by atoms with Crippen molar-refractivity contribution in [3.05, 3.63) is 54.1 Å². The normalized spacial score (nSPS) is 12.0. The molecule has 3 aromatic rings. The second-order valence-electron chi connectivity index (χ2n) is 5.60. The third kappa shape index (κ3) is 5.00. The molecule has 0 aliphatic carbocycles. The first-order valence-electron chi connectivity index (χ1n) is 8.08. The molecule has 1 unspecified atom stereocenters. The van der Waals surface area contributed by atoms with Gasteiger partial charge in [-0.1, -0.05) is 12.1 Å². The molecule has 0 spiro atoms. The summed E-state index contributed by atoms with van der Waals surface area (Å²) in [5.74, 6) is 1.08. The van der Waals surface area contributed by atoms with Crippen LogP contribution in [0, 0.1) is 6.92 Å². The maximum absolute atomic E-state index is 12.8. The number of hydrogen-bond acceptors (Lipinski definition) is 5. The van der Waals surface area contributed by atoms with Crippen LogP contribution in [0.15, 0.2) is 42.9 Å². The molecule has 3 rings (SSSR count).